The Morgan fingerprint density at radius 3 is 2.50 bits per heavy atom. The van der Waals surface area contributed by atoms with Gasteiger partial charge in [-0.05, 0) is 49.4 Å². The fraction of sp³-hybridized carbons (Fsp3) is 0.125. The van der Waals surface area contributed by atoms with Crippen molar-refractivity contribution in [1.29, 1.82) is 5.26 Å². The van der Waals surface area contributed by atoms with E-state index >= 15 is 0 Å². The van der Waals surface area contributed by atoms with E-state index in [9.17, 15) is 4.79 Å². The summed E-state index contributed by atoms with van der Waals surface area (Å²) in [6, 6.07) is 15.2. The van der Waals surface area contributed by atoms with Gasteiger partial charge in [0.05, 0.1) is 23.8 Å². The Balaban J connectivity index is 2.09. The second-order valence-corrected chi connectivity index (χ2v) is 3.99. The lowest BCUT2D eigenvalue weighted by atomic mass is 10.1. The highest BCUT2D eigenvalue weighted by atomic mass is 16.5. The van der Waals surface area contributed by atoms with E-state index in [0.29, 0.717) is 23.5 Å². The van der Waals surface area contributed by atoms with Gasteiger partial charge in [0.2, 0.25) is 0 Å². The Kier molecular flexibility index (Phi) is 4.35. The number of hydrogen-bond acceptors (Lipinski definition) is 4. The molecule has 0 radical (unpaired) electrons. The monoisotopic (exact) mass is 267 g/mol. The van der Waals surface area contributed by atoms with E-state index in [0.717, 1.165) is 5.75 Å². The number of nitriles is 1. The SMILES string of the molecule is CCOc1ccc(OC(=O)c2cccc(C#N)c2)cc1. The molecular weight excluding hydrogens is 254 g/mol. The summed E-state index contributed by atoms with van der Waals surface area (Å²) in [5, 5.41) is 8.80. The van der Waals surface area contributed by atoms with Crippen LogP contribution in [0.25, 0.3) is 0 Å². The van der Waals surface area contributed by atoms with Crippen LogP contribution < -0.4 is 9.47 Å². The lowest BCUT2D eigenvalue weighted by Gasteiger charge is -2.06. The molecule has 0 atom stereocenters. The highest BCUT2D eigenvalue weighted by molar-refractivity contribution is 5.91. The van der Waals surface area contributed by atoms with E-state index in [1.165, 1.54) is 6.07 Å². The van der Waals surface area contributed by atoms with Crippen LogP contribution in [0.2, 0.25) is 0 Å². The Morgan fingerprint density at radius 2 is 1.85 bits per heavy atom. The third-order valence-electron chi connectivity index (χ3n) is 2.57. The molecule has 0 fully saturated rings. The van der Waals surface area contributed by atoms with Crippen LogP contribution in [0.3, 0.4) is 0 Å². The average Bonchev–Trinajstić information content (AvgIpc) is 2.49. The second kappa shape index (κ2) is 6.39. The van der Waals surface area contributed by atoms with E-state index in [4.69, 9.17) is 14.7 Å². The van der Waals surface area contributed by atoms with Crippen molar-refractivity contribution in [3.8, 4) is 17.6 Å². The first-order valence-corrected chi connectivity index (χ1v) is 6.18. The van der Waals surface area contributed by atoms with E-state index < -0.39 is 5.97 Å². The summed E-state index contributed by atoms with van der Waals surface area (Å²) in [4.78, 5) is 11.9. The van der Waals surface area contributed by atoms with Crippen LogP contribution in [-0.2, 0) is 0 Å². The number of nitrogens with zero attached hydrogens (tertiary/aromatic N) is 1. The highest BCUT2D eigenvalue weighted by Crippen LogP contribution is 2.18. The fourth-order valence-corrected chi connectivity index (χ4v) is 1.65. The first-order chi connectivity index (χ1) is 9.72. The zero-order chi connectivity index (χ0) is 14.4. The van der Waals surface area contributed by atoms with Crippen LogP contribution in [-0.4, -0.2) is 12.6 Å². The van der Waals surface area contributed by atoms with E-state index in [1.807, 2.05) is 13.0 Å². The van der Waals surface area contributed by atoms with Crippen LogP contribution in [0.4, 0.5) is 0 Å². The molecule has 2 aromatic rings. The Bertz CT molecular complexity index is 642. The smallest absolute Gasteiger partial charge is 0.343 e. The molecule has 0 N–H and O–H groups in total. The molecular formula is C16H13NO3. The molecule has 0 saturated heterocycles. The zero-order valence-corrected chi connectivity index (χ0v) is 11.0. The van der Waals surface area contributed by atoms with Crippen LogP contribution in [0.15, 0.2) is 48.5 Å². The molecule has 0 spiro atoms. The molecule has 0 aliphatic heterocycles. The molecule has 0 heterocycles. The van der Waals surface area contributed by atoms with Crippen molar-refractivity contribution < 1.29 is 14.3 Å². The van der Waals surface area contributed by atoms with Gasteiger partial charge in [0.25, 0.3) is 0 Å². The number of carbonyl (C=O) groups is 1. The molecule has 100 valence electrons. The molecule has 20 heavy (non-hydrogen) atoms. The standard InChI is InChI=1S/C16H13NO3/c1-2-19-14-6-8-15(9-7-14)20-16(18)13-5-3-4-12(10-13)11-17/h3-10H,2H2,1H3. The summed E-state index contributed by atoms with van der Waals surface area (Å²) in [5.41, 5.74) is 0.768. The van der Waals surface area contributed by atoms with Crippen molar-refractivity contribution in [1.82, 2.24) is 0 Å². The van der Waals surface area contributed by atoms with Gasteiger partial charge in [0.1, 0.15) is 11.5 Å². The third-order valence-corrected chi connectivity index (χ3v) is 2.57. The number of esters is 1. The van der Waals surface area contributed by atoms with Crippen LogP contribution in [0, 0.1) is 11.3 Å². The van der Waals surface area contributed by atoms with Crippen molar-refractivity contribution in [2.24, 2.45) is 0 Å². The fourth-order valence-electron chi connectivity index (χ4n) is 1.65. The third kappa shape index (κ3) is 3.36. The van der Waals surface area contributed by atoms with Crippen LogP contribution >= 0.6 is 0 Å². The lowest BCUT2D eigenvalue weighted by Crippen LogP contribution is -2.08. The van der Waals surface area contributed by atoms with Crippen LogP contribution in [0.5, 0.6) is 11.5 Å². The number of benzene rings is 2. The minimum absolute atomic E-state index is 0.345. The molecule has 0 amide bonds. The van der Waals surface area contributed by atoms with Crippen LogP contribution in [0.1, 0.15) is 22.8 Å². The quantitative estimate of drug-likeness (QED) is 0.630. The minimum atomic E-state index is -0.494. The summed E-state index contributed by atoms with van der Waals surface area (Å²) in [7, 11) is 0. The second-order valence-electron chi connectivity index (χ2n) is 3.99. The lowest BCUT2D eigenvalue weighted by molar-refractivity contribution is 0.0734. The summed E-state index contributed by atoms with van der Waals surface area (Å²) in [5.74, 6) is 0.658. The molecule has 0 saturated carbocycles. The predicted octanol–water partition coefficient (Wildman–Crippen LogP) is 3.18. The van der Waals surface area contributed by atoms with Crippen molar-refractivity contribution in [3.63, 3.8) is 0 Å². The first kappa shape index (κ1) is 13.6. The van der Waals surface area contributed by atoms with Gasteiger partial charge in [-0.25, -0.2) is 4.79 Å². The molecule has 4 nitrogen and oxygen atoms in total. The molecule has 0 bridgehead atoms. The minimum Gasteiger partial charge on any atom is -0.494 e. The molecule has 2 rings (SSSR count). The van der Waals surface area contributed by atoms with Gasteiger partial charge >= 0.3 is 5.97 Å². The summed E-state index contributed by atoms with van der Waals surface area (Å²) in [6.45, 7) is 2.48. The number of carbonyl (C=O) groups excluding carboxylic acids is 1. The van der Waals surface area contributed by atoms with E-state index in [1.54, 1.807) is 42.5 Å². The van der Waals surface area contributed by atoms with Gasteiger partial charge in [-0.1, -0.05) is 6.07 Å². The first-order valence-electron chi connectivity index (χ1n) is 6.18. The van der Waals surface area contributed by atoms with Gasteiger partial charge in [-0.15, -0.1) is 0 Å². The molecule has 0 unspecified atom stereocenters. The van der Waals surface area contributed by atoms with Crippen molar-refractivity contribution in [2.75, 3.05) is 6.61 Å². The van der Waals surface area contributed by atoms with Gasteiger partial charge in [-0.3, -0.25) is 0 Å². The summed E-state index contributed by atoms with van der Waals surface area (Å²) >= 11 is 0. The normalized spacial score (nSPS) is 9.60. The Morgan fingerprint density at radius 1 is 1.15 bits per heavy atom. The molecule has 0 aromatic heterocycles. The topological polar surface area (TPSA) is 59.3 Å². The maximum atomic E-state index is 11.9. The highest BCUT2D eigenvalue weighted by Gasteiger charge is 2.09. The van der Waals surface area contributed by atoms with Crippen molar-refractivity contribution in [2.45, 2.75) is 6.92 Å². The molecule has 0 aliphatic carbocycles. The molecule has 0 aliphatic rings. The predicted molar refractivity (Wildman–Crippen MR) is 73.7 cm³/mol. The molecule has 2 aromatic carbocycles. The van der Waals surface area contributed by atoms with Crippen molar-refractivity contribution in [3.05, 3.63) is 59.7 Å². The maximum absolute atomic E-state index is 11.9. The van der Waals surface area contributed by atoms with E-state index in [-0.39, 0.29) is 0 Å². The maximum Gasteiger partial charge on any atom is 0.343 e. The molecule has 4 heteroatoms. The van der Waals surface area contributed by atoms with E-state index in [2.05, 4.69) is 0 Å². The van der Waals surface area contributed by atoms with Gasteiger partial charge in [0.15, 0.2) is 0 Å². The Labute approximate surface area is 117 Å². The summed E-state index contributed by atoms with van der Waals surface area (Å²) < 4.78 is 10.5. The van der Waals surface area contributed by atoms with Gasteiger partial charge in [-0.2, -0.15) is 5.26 Å². The zero-order valence-electron chi connectivity index (χ0n) is 11.0. The van der Waals surface area contributed by atoms with Gasteiger partial charge in [0, 0.05) is 0 Å². The van der Waals surface area contributed by atoms with Crippen molar-refractivity contribution >= 4 is 5.97 Å². The Hall–Kier alpha value is -2.80. The number of hydrogen-bond donors (Lipinski definition) is 0. The number of ether oxygens (including phenoxy) is 2. The van der Waals surface area contributed by atoms with Gasteiger partial charge < -0.3 is 9.47 Å². The average molecular weight is 267 g/mol. The largest absolute Gasteiger partial charge is 0.494 e. The number of rotatable bonds is 4. The summed E-state index contributed by atoms with van der Waals surface area (Å²) in [6.07, 6.45) is 0.